The molecule has 6 rings (SSSR count). The van der Waals surface area contributed by atoms with Crippen LogP contribution in [0.1, 0.15) is 37.0 Å². The van der Waals surface area contributed by atoms with Gasteiger partial charge in [-0.2, -0.15) is 0 Å². The van der Waals surface area contributed by atoms with E-state index in [0.29, 0.717) is 36.3 Å². The zero-order chi connectivity index (χ0) is 32.9. The largest absolute Gasteiger partial charge is 0.496 e. The van der Waals surface area contributed by atoms with Gasteiger partial charge in [0, 0.05) is 73.7 Å². The Morgan fingerprint density at radius 3 is 2.57 bits per heavy atom. The number of para-hydroxylation sites is 1. The number of halogens is 1. The average Bonchev–Trinajstić information content (AvgIpc) is 3.80. The van der Waals surface area contributed by atoms with E-state index >= 15 is 4.39 Å². The number of hydrogen-bond donors (Lipinski definition) is 3. The first-order chi connectivity index (χ1) is 22.9. The minimum atomic E-state index is -0.658. The number of aromatic nitrogens is 2. The number of methoxy groups -OCH3 is 1. The summed E-state index contributed by atoms with van der Waals surface area (Å²) < 4.78 is 21.7. The molecule has 4 heterocycles. The fraction of sp³-hybridized carbons (Fsp3) is 0.417. The van der Waals surface area contributed by atoms with Crippen molar-refractivity contribution in [2.75, 3.05) is 71.3 Å². The second-order valence-electron chi connectivity index (χ2n) is 12.2. The van der Waals surface area contributed by atoms with Gasteiger partial charge in [0.05, 0.1) is 24.4 Å². The molecule has 2 aliphatic rings. The number of nitrogens with zero attached hydrogens (tertiary/aromatic N) is 4. The number of benzene rings is 2. The first-order valence-corrected chi connectivity index (χ1v) is 16.6. The molecule has 2 saturated heterocycles. The summed E-state index contributed by atoms with van der Waals surface area (Å²) in [7, 11) is 1.63. The summed E-state index contributed by atoms with van der Waals surface area (Å²) in [6, 6.07) is 12.3. The van der Waals surface area contributed by atoms with Crippen LogP contribution in [0.3, 0.4) is 0 Å². The molecule has 0 aliphatic carbocycles. The molecule has 0 unspecified atom stereocenters. The van der Waals surface area contributed by atoms with Crippen molar-refractivity contribution in [1.82, 2.24) is 30.0 Å². The lowest BCUT2D eigenvalue weighted by Crippen LogP contribution is -2.50. The molecular formula is C36H44FN7O3. The molecule has 10 nitrogen and oxygen atoms in total. The lowest BCUT2D eigenvalue weighted by molar-refractivity contribution is -0.117. The fourth-order valence-corrected chi connectivity index (χ4v) is 6.61. The van der Waals surface area contributed by atoms with Gasteiger partial charge < -0.3 is 30.2 Å². The highest BCUT2D eigenvalue weighted by Crippen LogP contribution is 2.37. The Balaban J connectivity index is 1.32. The van der Waals surface area contributed by atoms with Crippen molar-refractivity contribution in [3.8, 4) is 28.0 Å². The number of anilines is 1. The SMILES string of the molecule is CCN(CC)CCN1CCN(C(=O)c2cc(-c3cnc4[nH]cc(-c5ccccc5OC)c4c3)cc(F)c2NC(=O)[C@@H]2CCCN2)CC1. The third-order valence-electron chi connectivity index (χ3n) is 9.49. The molecule has 2 aromatic heterocycles. The monoisotopic (exact) mass is 641 g/mol. The van der Waals surface area contributed by atoms with E-state index in [0.717, 1.165) is 74.5 Å². The number of rotatable bonds is 11. The third kappa shape index (κ3) is 7.02. The molecule has 0 spiro atoms. The highest BCUT2D eigenvalue weighted by molar-refractivity contribution is 6.06. The summed E-state index contributed by atoms with van der Waals surface area (Å²) in [5, 5.41) is 6.77. The maximum Gasteiger partial charge on any atom is 0.256 e. The predicted octanol–water partition coefficient (Wildman–Crippen LogP) is 4.83. The molecular weight excluding hydrogens is 597 g/mol. The Labute approximate surface area is 275 Å². The van der Waals surface area contributed by atoms with E-state index in [9.17, 15) is 9.59 Å². The number of ether oxygens (including phenoxy) is 1. The van der Waals surface area contributed by atoms with E-state index in [1.165, 1.54) is 6.07 Å². The summed E-state index contributed by atoms with van der Waals surface area (Å²) in [6.07, 6.45) is 5.09. The number of carbonyl (C=O) groups is 2. The van der Waals surface area contributed by atoms with Crippen molar-refractivity contribution in [3.63, 3.8) is 0 Å². The van der Waals surface area contributed by atoms with E-state index < -0.39 is 11.9 Å². The minimum absolute atomic E-state index is 0.0770. The van der Waals surface area contributed by atoms with Gasteiger partial charge in [-0.1, -0.05) is 32.0 Å². The molecule has 11 heteroatoms. The van der Waals surface area contributed by atoms with Gasteiger partial charge in [0.15, 0.2) is 0 Å². The van der Waals surface area contributed by atoms with Crippen molar-refractivity contribution in [2.24, 2.45) is 0 Å². The van der Waals surface area contributed by atoms with Crippen LogP contribution in [0.15, 0.2) is 54.9 Å². The quantitative estimate of drug-likeness (QED) is 0.215. The van der Waals surface area contributed by atoms with Crippen LogP contribution in [0.5, 0.6) is 5.75 Å². The van der Waals surface area contributed by atoms with E-state index in [4.69, 9.17) is 4.74 Å². The van der Waals surface area contributed by atoms with Crippen LogP contribution in [-0.2, 0) is 4.79 Å². The molecule has 2 fully saturated rings. The van der Waals surface area contributed by atoms with Crippen molar-refractivity contribution in [2.45, 2.75) is 32.7 Å². The number of amides is 2. The van der Waals surface area contributed by atoms with Crippen LogP contribution in [0.4, 0.5) is 10.1 Å². The van der Waals surface area contributed by atoms with Crippen LogP contribution in [0.25, 0.3) is 33.3 Å². The predicted molar refractivity (Wildman–Crippen MR) is 183 cm³/mol. The summed E-state index contributed by atoms with van der Waals surface area (Å²) in [5.74, 6) is -0.563. The normalized spacial score (nSPS) is 17.0. The first kappa shape index (κ1) is 32.6. The number of carbonyl (C=O) groups excluding carboxylic acids is 2. The van der Waals surface area contributed by atoms with Crippen molar-refractivity contribution in [1.29, 1.82) is 0 Å². The van der Waals surface area contributed by atoms with E-state index in [1.807, 2.05) is 36.5 Å². The molecule has 0 saturated carbocycles. The number of nitrogens with one attached hydrogen (secondary N) is 3. The van der Waals surface area contributed by atoms with Gasteiger partial charge in [-0.25, -0.2) is 9.37 Å². The van der Waals surface area contributed by atoms with Crippen LogP contribution in [-0.4, -0.2) is 109 Å². The second kappa shape index (κ2) is 14.6. The van der Waals surface area contributed by atoms with Gasteiger partial charge in [-0.15, -0.1) is 0 Å². The van der Waals surface area contributed by atoms with Gasteiger partial charge in [0.1, 0.15) is 17.2 Å². The van der Waals surface area contributed by atoms with Gasteiger partial charge in [-0.3, -0.25) is 14.5 Å². The highest BCUT2D eigenvalue weighted by atomic mass is 19.1. The number of aromatic amines is 1. The average molecular weight is 642 g/mol. The van der Waals surface area contributed by atoms with Crippen molar-refractivity contribution in [3.05, 3.63) is 66.2 Å². The molecule has 248 valence electrons. The molecule has 0 bridgehead atoms. The lowest BCUT2D eigenvalue weighted by Gasteiger charge is -2.36. The smallest absolute Gasteiger partial charge is 0.256 e. The Morgan fingerprint density at radius 1 is 1.06 bits per heavy atom. The topological polar surface area (TPSA) is 106 Å². The Bertz CT molecular complexity index is 1720. The van der Waals surface area contributed by atoms with Crippen molar-refractivity contribution >= 4 is 28.5 Å². The fourth-order valence-electron chi connectivity index (χ4n) is 6.61. The molecule has 2 aromatic carbocycles. The molecule has 47 heavy (non-hydrogen) atoms. The van der Waals surface area contributed by atoms with E-state index in [2.05, 4.69) is 44.2 Å². The Morgan fingerprint density at radius 2 is 1.85 bits per heavy atom. The maximum absolute atomic E-state index is 16.1. The molecule has 2 aliphatic heterocycles. The number of likely N-dealkylation sites (N-methyl/N-ethyl adjacent to an activating group) is 1. The van der Waals surface area contributed by atoms with E-state index in [-0.39, 0.29) is 23.1 Å². The van der Waals surface area contributed by atoms with Crippen molar-refractivity contribution < 1.29 is 18.7 Å². The number of H-pyrrole nitrogens is 1. The lowest BCUT2D eigenvalue weighted by atomic mass is 9.98. The number of fused-ring (bicyclic) bond motifs is 1. The third-order valence-corrected chi connectivity index (χ3v) is 9.49. The zero-order valence-electron chi connectivity index (χ0n) is 27.4. The first-order valence-electron chi connectivity index (χ1n) is 16.6. The minimum Gasteiger partial charge on any atom is -0.496 e. The van der Waals surface area contributed by atoms with E-state index in [1.54, 1.807) is 24.3 Å². The van der Waals surface area contributed by atoms with Crippen LogP contribution in [0.2, 0.25) is 0 Å². The van der Waals surface area contributed by atoms with Gasteiger partial charge in [0.2, 0.25) is 5.91 Å². The van der Waals surface area contributed by atoms with Gasteiger partial charge >= 0.3 is 0 Å². The summed E-state index contributed by atoms with van der Waals surface area (Å²) >= 11 is 0. The van der Waals surface area contributed by atoms with Crippen LogP contribution >= 0.6 is 0 Å². The van der Waals surface area contributed by atoms with Gasteiger partial charge in [0.25, 0.3) is 5.91 Å². The molecule has 3 N–H and O–H groups in total. The standard InChI is InChI=1S/C36H44FN7O3/c1-4-42(5-2)13-14-43-15-17-44(18-16-43)36(46)28-19-24(21-30(37)33(28)41-35(45)31-10-8-12-38-31)25-20-27-29(23-40-34(27)39-22-25)26-9-6-7-11-32(26)47-3/h6-7,9,11,19-23,31,38H,4-5,8,10,12-18H2,1-3H3,(H,39,40)(H,41,45)/t31-/m0/s1. The molecule has 1 atom stereocenters. The number of hydrogen-bond acceptors (Lipinski definition) is 7. The Kier molecular flexibility index (Phi) is 10.1. The maximum atomic E-state index is 16.1. The summed E-state index contributed by atoms with van der Waals surface area (Å²) in [6.45, 7) is 11.5. The molecule has 2 amide bonds. The number of pyridine rings is 1. The van der Waals surface area contributed by atoms with Crippen LogP contribution < -0.4 is 15.4 Å². The highest BCUT2D eigenvalue weighted by Gasteiger charge is 2.29. The Hall–Kier alpha value is -4.32. The number of piperazine rings is 1. The molecule has 4 aromatic rings. The van der Waals surface area contributed by atoms with Crippen LogP contribution in [0, 0.1) is 5.82 Å². The summed E-state index contributed by atoms with van der Waals surface area (Å²) in [5.41, 5.74) is 3.69. The summed E-state index contributed by atoms with van der Waals surface area (Å²) in [4.78, 5) is 41.6. The molecule has 0 radical (unpaired) electrons. The zero-order valence-corrected chi connectivity index (χ0v) is 27.4. The van der Waals surface area contributed by atoms with Gasteiger partial charge in [-0.05, 0) is 62.3 Å². The second-order valence-corrected chi connectivity index (χ2v) is 12.2.